The molecule has 0 spiro atoms. The highest BCUT2D eigenvalue weighted by atomic mass is 35.5. The Labute approximate surface area is 206 Å². The van der Waals surface area contributed by atoms with Crippen LogP contribution in [-0.4, -0.2) is 14.5 Å². The Morgan fingerprint density at radius 2 is 1.36 bits per heavy atom. The van der Waals surface area contributed by atoms with Crippen molar-refractivity contribution in [2.24, 2.45) is 5.92 Å². The molecule has 0 N–H and O–H groups in total. The highest BCUT2D eigenvalue weighted by molar-refractivity contribution is 6.35. The van der Waals surface area contributed by atoms with Crippen LogP contribution >= 0.6 is 11.6 Å². The van der Waals surface area contributed by atoms with Gasteiger partial charge in [0.25, 0.3) is 0 Å². The summed E-state index contributed by atoms with van der Waals surface area (Å²) in [4.78, 5) is 9.58. The van der Waals surface area contributed by atoms with Gasteiger partial charge in [-0.2, -0.15) is 0 Å². The second-order valence-electron chi connectivity index (χ2n) is 10.1. The molecule has 0 aliphatic rings. The number of aryl methyl sites for hydroxylation is 1. The molecule has 3 aromatic rings. The van der Waals surface area contributed by atoms with E-state index in [2.05, 4.69) is 42.5 Å². The summed E-state index contributed by atoms with van der Waals surface area (Å²) in [6.07, 6.45) is 18.9. The molecule has 4 heteroatoms. The Hall–Kier alpha value is -1.61. The number of pyridine rings is 1. The first-order valence-electron chi connectivity index (χ1n) is 13.5. The van der Waals surface area contributed by atoms with Gasteiger partial charge >= 0.3 is 0 Å². The molecule has 3 rings (SSSR count). The number of fused-ring (bicyclic) bond motifs is 3. The number of para-hydroxylation sites is 1. The van der Waals surface area contributed by atoms with Crippen molar-refractivity contribution in [3.05, 3.63) is 35.2 Å². The number of benzene rings is 1. The van der Waals surface area contributed by atoms with Crippen molar-refractivity contribution in [1.82, 2.24) is 14.5 Å². The Bertz CT molecular complexity index is 976. The molecule has 0 saturated carbocycles. The Balaban J connectivity index is 1.48. The van der Waals surface area contributed by atoms with E-state index in [0.717, 1.165) is 34.9 Å². The molecule has 2 heterocycles. The zero-order chi connectivity index (χ0) is 23.5. The van der Waals surface area contributed by atoms with Gasteiger partial charge in [-0.25, -0.2) is 9.97 Å². The monoisotopic (exact) mass is 469 g/mol. The van der Waals surface area contributed by atoms with Gasteiger partial charge in [0.05, 0.1) is 11.0 Å². The SMILES string of the molecule is CCCCCCCCCCCCCCCc1nc2c(Cl)nc3ccccc3c2n1CC(C)C. The molecule has 182 valence electrons. The van der Waals surface area contributed by atoms with E-state index >= 15 is 0 Å². The fraction of sp³-hybridized carbons (Fsp3) is 0.655. The van der Waals surface area contributed by atoms with E-state index in [9.17, 15) is 0 Å². The molecule has 0 bridgehead atoms. The van der Waals surface area contributed by atoms with Crippen LogP contribution in [0.15, 0.2) is 24.3 Å². The summed E-state index contributed by atoms with van der Waals surface area (Å²) >= 11 is 6.56. The topological polar surface area (TPSA) is 30.7 Å². The van der Waals surface area contributed by atoms with Gasteiger partial charge in [-0.15, -0.1) is 0 Å². The lowest BCUT2D eigenvalue weighted by atomic mass is 10.0. The van der Waals surface area contributed by atoms with Crippen molar-refractivity contribution >= 4 is 33.5 Å². The molecule has 0 aliphatic carbocycles. The van der Waals surface area contributed by atoms with E-state index in [1.54, 1.807) is 0 Å². The minimum absolute atomic E-state index is 0.526. The molecule has 0 atom stereocenters. The van der Waals surface area contributed by atoms with E-state index in [1.165, 1.54) is 89.3 Å². The van der Waals surface area contributed by atoms with E-state index in [-0.39, 0.29) is 0 Å². The molecule has 1 aromatic carbocycles. The molecule has 0 amide bonds. The van der Waals surface area contributed by atoms with Crippen LogP contribution in [0.3, 0.4) is 0 Å². The van der Waals surface area contributed by atoms with Crippen LogP contribution in [0.5, 0.6) is 0 Å². The number of unbranched alkanes of at least 4 members (excludes halogenated alkanes) is 12. The number of nitrogens with zero attached hydrogens (tertiary/aromatic N) is 3. The first kappa shape index (κ1) is 26.0. The molecule has 0 fully saturated rings. The van der Waals surface area contributed by atoms with Gasteiger partial charge in [-0.1, -0.05) is 128 Å². The van der Waals surface area contributed by atoms with Crippen LogP contribution in [0.25, 0.3) is 21.9 Å². The van der Waals surface area contributed by atoms with Gasteiger partial charge in [0.2, 0.25) is 0 Å². The van der Waals surface area contributed by atoms with E-state index in [0.29, 0.717) is 11.1 Å². The summed E-state index contributed by atoms with van der Waals surface area (Å²) in [7, 11) is 0. The first-order valence-corrected chi connectivity index (χ1v) is 13.9. The number of hydrogen-bond donors (Lipinski definition) is 0. The molecular weight excluding hydrogens is 426 g/mol. The van der Waals surface area contributed by atoms with Gasteiger partial charge in [0.1, 0.15) is 11.3 Å². The molecule has 0 saturated heterocycles. The minimum atomic E-state index is 0.526. The van der Waals surface area contributed by atoms with E-state index in [4.69, 9.17) is 16.6 Å². The lowest BCUT2D eigenvalue weighted by Crippen LogP contribution is -2.09. The summed E-state index contributed by atoms with van der Waals surface area (Å²) < 4.78 is 2.41. The molecule has 33 heavy (non-hydrogen) atoms. The van der Waals surface area contributed by atoms with Crippen molar-refractivity contribution in [3.8, 4) is 0 Å². The molecule has 0 unspecified atom stereocenters. The minimum Gasteiger partial charge on any atom is -0.327 e. The third-order valence-corrected chi connectivity index (χ3v) is 6.94. The van der Waals surface area contributed by atoms with Gasteiger partial charge < -0.3 is 4.57 Å². The van der Waals surface area contributed by atoms with Crippen LogP contribution in [-0.2, 0) is 13.0 Å². The van der Waals surface area contributed by atoms with Crippen molar-refractivity contribution in [3.63, 3.8) is 0 Å². The van der Waals surface area contributed by atoms with Crippen LogP contribution in [0.4, 0.5) is 0 Å². The van der Waals surface area contributed by atoms with Crippen LogP contribution in [0.1, 0.15) is 110 Å². The number of halogens is 1. The predicted octanol–water partition coefficient (Wildman–Crippen LogP) is 9.53. The van der Waals surface area contributed by atoms with Crippen molar-refractivity contribution in [1.29, 1.82) is 0 Å². The molecule has 0 radical (unpaired) electrons. The second kappa shape index (κ2) is 13.9. The quantitative estimate of drug-likeness (QED) is 0.154. The molecule has 2 aromatic heterocycles. The molecular formula is C29H44ClN3. The van der Waals surface area contributed by atoms with Crippen LogP contribution in [0, 0.1) is 5.92 Å². The zero-order valence-corrected chi connectivity index (χ0v) is 22.0. The van der Waals surface area contributed by atoms with Crippen molar-refractivity contribution in [2.75, 3.05) is 0 Å². The van der Waals surface area contributed by atoms with Crippen LogP contribution in [0.2, 0.25) is 5.15 Å². The summed E-state index contributed by atoms with van der Waals surface area (Å²) in [5.74, 6) is 1.72. The van der Waals surface area contributed by atoms with Gasteiger partial charge in [0.15, 0.2) is 5.15 Å². The Morgan fingerprint density at radius 1 is 0.788 bits per heavy atom. The first-order chi connectivity index (χ1) is 16.1. The fourth-order valence-corrected chi connectivity index (χ4v) is 5.12. The smallest absolute Gasteiger partial charge is 0.157 e. The van der Waals surface area contributed by atoms with E-state index < -0.39 is 0 Å². The lowest BCUT2D eigenvalue weighted by Gasteiger charge is -2.13. The standard InChI is InChI=1S/C29H44ClN3/c1-4-5-6-7-8-9-10-11-12-13-14-15-16-21-26-32-27-28(33(26)22-23(2)3)24-19-17-18-20-25(24)31-29(27)30/h17-20,23H,4-16,21-22H2,1-3H3. The molecule has 0 aliphatic heterocycles. The van der Waals surface area contributed by atoms with Crippen molar-refractivity contribution < 1.29 is 0 Å². The van der Waals surface area contributed by atoms with Crippen molar-refractivity contribution in [2.45, 2.75) is 117 Å². The number of imidazole rings is 1. The Morgan fingerprint density at radius 3 is 1.97 bits per heavy atom. The largest absolute Gasteiger partial charge is 0.327 e. The van der Waals surface area contributed by atoms with Gasteiger partial charge in [0, 0.05) is 18.4 Å². The third-order valence-electron chi connectivity index (χ3n) is 6.67. The summed E-state index contributed by atoms with van der Waals surface area (Å²) in [5.41, 5.74) is 2.97. The van der Waals surface area contributed by atoms with E-state index in [1.807, 2.05) is 12.1 Å². The maximum absolute atomic E-state index is 6.56. The average molecular weight is 470 g/mol. The third kappa shape index (κ3) is 7.70. The Kier molecular flexibility index (Phi) is 11.0. The number of rotatable bonds is 16. The van der Waals surface area contributed by atoms with Gasteiger partial charge in [-0.3, -0.25) is 0 Å². The summed E-state index contributed by atoms with van der Waals surface area (Å²) in [6, 6.07) is 8.29. The predicted molar refractivity (Wildman–Crippen MR) is 144 cm³/mol. The highest BCUT2D eigenvalue weighted by Crippen LogP contribution is 2.31. The second-order valence-corrected chi connectivity index (χ2v) is 10.5. The lowest BCUT2D eigenvalue weighted by molar-refractivity contribution is 0.507. The molecule has 3 nitrogen and oxygen atoms in total. The zero-order valence-electron chi connectivity index (χ0n) is 21.2. The maximum Gasteiger partial charge on any atom is 0.157 e. The average Bonchev–Trinajstić information content (AvgIpc) is 3.15. The summed E-state index contributed by atoms with van der Waals surface area (Å²) in [5, 5.41) is 1.68. The number of hydrogen-bond acceptors (Lipinski definition) is 2. The maximum atomic E-state index is 6.56. The van der Waals surface area contributed by atoms with Crippen LogP contribution < -0.4 is 0 Å². The normalized spacial score (nSPS) is 11.9. The fourth-order valence-electron chi connectivity index (χ4n) is 4.90. The highest BCUT2D eigenvalue weighted by Gasteiger charge is 2.18. The number of aromatic nitrogens is 3. The van der Waals surface area contributed by atoms with Gasteiger partial charge in [-0.05, 0) is 18.4 Å². The summed E-state index contributed by atoms with van der Waals surface area (Å²) in [6.45, 7) is 7.79.